The molecular weight excluding hydrogens is 442 g/mol. The summed E-state index contributed by atoms with van der Waals surface area (Å²) in [5.41, 5.74) is 5.15. The maximum atomic E-state index is 12.1. The van der Waals surface area contributed by atoms with Gasteiger partial charge < -0.3 is 4.74 Å². The van der Waals surface area contributed by atoms with Gasteiger partial charge in [-0.05, 0) is 57.8 Å². The van der Waals surface area contributed by atoms with Crippen molar-refractivity contribution in [3.63, 3.8) is 0 Å². The fraction of sp³-hybridized carbons (Fsp3) is 0.350. The topological polar surface area (TPSA) is 79.5 Å². The van der Waals surface area contributed by atoms with Crippen molar-refractivity contribution in [2.24, 2.45) is 5.92 Å². The number of ether oxygens (including phenoxy) is 1. The first kappa shape index (κ1) is 20.5. The largest absolute Gasteiger partial charge is 0.483 e. The summed E-state index contributed by atoms with van der Waals surface area (Å²) >= 11 is 8.57. The molecule has 0 spiro atoms. The molecular formula is C20H22BrN3O3S. The van der Waals surface area contributed by atoms with Crippen molar-refractivity contribution in [3.05, 3.63) is 40.9 Å². The Morgan fingerprint density at radius 3 is 2.61 bits per heavy atom. The average Bonchev–Trinajstić information content (AvgIpc) is 2.72. The molecule has 0 saturated heterocycles. The minimum atomic E-state index is -0.413. The average molecular weight is 464 g/mol. The quantitative estimate of drug-likeness (QED) is 0.476. The molecule has 6 nitrogen and oxygen atoms in total. The lowest BCUT2D eigenvalue weighted by atomic mass is 9.89. The van der Waals surface area contributed by atoms with Gasteiger partial charge in [0.1, 0.15) is 5.75 Å². The van der Waals surface area contributed by atoms with Gasteiger partial charge in [-0.25, -0.2) is 0 Å². The molecule has 0 aliphatic heterocycles. The van der Waals surface area contributed by atoms with E-state index in [9.17, 15) is 9.59 Å². The summed E-state index contributed by atoms with van der Waals surface area (Å²) < 4.78 is 6.39. The third kappa shape index (κ3) is 5.42. The van der Waals surface area contributed by atoms with Gasteiger partial charge in [0.2, 0.25) is 5.91 Å². The van der Waals surface area contributed by atoms with Crippen LogP contribution in [0, 0.1) is 5.92 Å². The molecule has 2 amide bonds. The molecule has 0 atom stereocenters. The SMILES string of the molecule is O=C(COc1ccc2ccccc2c1Br)NC(=S)NNC(=O)C1CCCCC1. The van der Waals surface area contributed by atoms with Crippen molar-refractivity contribution in [2.45, 2.75) is 32.1 Å². The molecule has 2 aromatic rings. The molecule has 28 heavy (non-hydrogen) atoms. The smallest absolute Gasteiger partial charge is 0.264 e. The summed E-state index contributed by atoms with van der Waals surface area (Å²) in [6.45, 7) is -0.199. The standard InChI is InChI=1S/C20H22BrN3O3S/c21-18-15-9-5-4-6-13(15)10-11-16(18)27-12-17(25)22-20(28)24-23-19(26)14-7-2-1-3-8-14/h4-6,9-11,14H,1-3,7-8,12H2,(H,23,26)(H2,22,24,25,28). The second-order valence-electron chi connectivity index (χ2n) is 6.71. The first-order chi connectivity index (χ1) is 13.5. The summed E-state index contributed by atoms with van der Waals surface area (Å²) in [5, 5.41) is 4.61. The highest BCUT2D eigenvalue weighted by Gasteiger charge is 2.21. The minimum absolute atomic E-state index is 0.00772. The van der Waals surface area contributed by atoms with Crippen molar-refractivity contribution in [3.8, 4) is 5.75 Å². The molecule has 0 aromatic heterocycles. The molecule has 2 aromatic carbocycles. The summed E-state index contributed by atoms with van der Waals surface area (Å²) in [4.78, 5) is 24.1. The van der Waals surface area contributed by atoms with E-state index in [2.05, 4.69) is 32.1 Å². The highest BCUT2D eigenvalue weighted by Crippen LogP contribution is 2.32. The number of nitrogens with one attached hydrogen (secondary N) is 3. The maximum Gasteiger partial charge on any atom is 0.264 e. The molecule has 148 valence electrons. The van der Waals surface area contributed by atoms with Crippen LogP contribution < -0.4 is 20.9 Å². The van der Waals surface area contributed by atoms with Gasteiger partial charge in [-0.2, -0.15) is 0 Å². The Balaban J connectivity index is 1.44. The Kier molecular flexibility index (Phi) is 7.22. The molecule has 0 unspecified atom stereocenters. The van der Waals surface area contributed by atoms with Crippen LogP contribution in [0.3, 0.4) is 0 Å². The van der Waals surface area contributed by atoms with Crippen molar-refractivity contribution in [2.75, 3.05) is 6.61 Å². The molecule has 0 heterocycles. The molecule has 1 fully saturated rings. The second-order valence-corrected chi connectivity index (χ2v) is 7.92. The van der Waals surface area contributed by atoms with Crippen LogP contribution in [-0.4, -0.2) is 23.5 Å². The minimum Gasteiger partial charge on any atom is -0.483 e. The summed E-state index contributed by atoms with van der Waals surface area (Å²) in [6, 6.07) is 11.6. The number of rotatable bonds is 4. The van der Waals surface area contributed by atoms with Gasteiger partial charge in [-0.1, -0.05) is 49.6 Å². The van der Waals surface area contributed by atoms with Crippen LogP contribution in [0.5, 0.6) is 5.75 Å². The van der Waals surface area contributed by atoms with Gasteiger partial charge in [0, 0.05) is 5.92 Å². The van der Waals surface area contributed by atoms with E-state index >= 15 is 0 Å². The zero-order valence-corrected chi connectivity index (χ0v) is 17.7. The van der Waals surface area contributed by atoms with Gasteiger partial charge in [-0.3, -0.25) is 25.8 Å². The molecule has 1 aliphatic carbocycles. The Bertz CT molecular complexity index is 884. The number of hydrogen-bond donors (Lipinski definition) is 3. The van der Waals surface area contributed by atoms with Crippen LogP contribution in [0.2, 0.25) is 0 Å². The third-order valence-corrected chi connectivity index (χ3v) is 5.74. The zero-order valence-electron chi connectivity index (χ0n) is 15.3. The lowest BCUT2D eigenvalue weighted by molar-refractivity contribution is -0.126. The maximum absolute atomic E-state index is 12.1. The van der Waals surface area contributed by atoms with Crippen molar-refractivity contribution < 1.29 is 14.3 Å². The number of hydrazine groups is 1. The number of carbonyl (C=O) groups excluding carboxylic acids is 2. The fourth-order valence-electron chi connectivity index (χ4n) is 3.25. The molecule has 3 N–H and O–H groups in total. The van der Waals surface area contributed by atoms with Crippen molar-refractivity contribution >= 4 is 55.8 Å². The van der Waals surface area contributed by atoms with Crippen LogP contribution in [-0.2, 0) is 9.59 Å². The number of hydrogen-bond acceptors (Lipinski definition) is 4. The van der Waals surface area contributed by atoms with E-state index in [4.69, 9.17) is 17.0 Å². The normalized spacial score (nSPS) is 14.3. The zero-order chi connectivity index (χ0) is 19.9. The summed E-state index contributed by atoms with van der Waals surface area (Å²) in [6.07, 6.45) is 5.10. The lowest BCUT2D eigenvalue weighted by Gasteiger charge is -2.21. The summed E-state index contributed by atoms with van der Waals surface area (Å²) in [5.74, 6) is 0.0729. The van der Waals surface area contributed by atoms with Gasteiger partial charge in [-0.15, -0.1) is 0 Å². The Hall–Kier alpha value is -2.19. The number of carbonyl (C=O) groups is 2. The van der Waals surface area contributed by atoms with Crippen LogP contribution in [0.1, 0.15) is 32.1 Å². The number of benzene rings is 2. The van der Waals surface area contributed by atoms with Crippen LogP contribution in [0.15, 0.2) is 40.9 Å². The van der Waals surface area contributed by atoms with Crippen LogP contribution in [0.4, 0.5) is 0 Å². The highest BCUT2D eigenvalue weighted by atomic mass is 79.9. The van der Waals surface area contributed by atoms with E-state index in [1.54, 1.807) is 6.07 Å². The van der Waals surface area contributed by atoms with Gasteiger partial charge in [0.05, 0.1) is 4.47 Å². The third-order valence-electron chi connectivity index (χ3n) is 4.71. The predicted octanol–water partition coefficient (Wildman–Crippen LogP) is 3.58. The summed E-state index contributed by atoms with van der Waals surface area (Å²) in [7, 11) is 0. The number of thiocarbonyl (C=S) groups is 1. The van der Waals surface area contributed by atoms with Crippen molar-refractivity contribution in [1.82, 2.24) is 16.2 Å². The number of amides is 2. The van der Waals surface area contributed by atoms with E-state index < -0.39 is 5.91 Å². The van der Waals surface area contributed by atoms with Gasteiger partial charge in [0.15, 0.2) is 11.7 Å². The molecule has 0 radical (unpaired) electrons. The van der Waals surface area contributed by atoms with Crippen LogP contribution in [0.25, 0.3) is 10.8 Å². The fourth-order valence-corrected chi connectivity index (χ4v) is 4.02. The first-order valence-corrected chi connectivity index (χ1v) is 10.4. The van der Waals surface area contributed by atoms with E-state index in [0.717, 1.165) is 40.9 Å². The predicted molar refractivity (Wildman–Crippen MR) is 116 cm³/mol. The van der Waals surface area contributed by atoms with Gasteiger partial charge >= 0.3 is 0 Å². The van der Waals surface area contributed by atoms with E-state index in [0.29, 0.717) is 5.75 Å². The van der Waals surface area contributed by atoms with E-state index in [-0.39, 0.29) is 23.5 Å². The van der Waals surface area contributed by atoms with Crippen molar-refractivity contribution in [1.29, 1.82) is 0 Å². The number of fused-ring (bicyclic) bond motifs is 1. The number of halogens is 1. The highest BCUT2D eigenvalue weighted by molar-refractivity contribution is 9.10. The Morgan fingerprint density at radius 2 is 1.82 bits per heavy atom. The second kappa shape index (κ2) is 9.84. The van der Waals surface area contributed by atoms with E-state index in [1.807, 2.05) is 30.3 Å². The molecule has 8 heteroatoms. The molecule has 1 saturated carbocycles. The Morgan fingerprint density at radius 1 is 1.07 bits per heavy atom. The monoisotopic (exact) mass is 463 g/mol. The first-order valence-electron chi connectivity index (χ1n) is 9.24. The molecule has 0 bridgehead atoms. The Labute approximate surface area is 177 Å². The van der Waals surface area contributed by atoms with Gasteiger partial charge in [0.25, 0.3) is 5.91 Å². The lowest BCUT2D eigenvalue weighted by Crippen LogP contribution is -2.51. The van der Waals surface area contributed by atoms with E-state index in [1.165, 1.54) is 6.42 Å². The molecule has 1 aliphatic rings. The molecule has 3 rings (SSSR count). The van der Waals surface area contributed by atoms with Crippen LogP contribution >= 0.6 is 28.1 Å².